The maximum atomic E-state index is 13.4. The average Bonchev–Trinajstić information content (AvgIpc) is 0.696. The summed E-state index contributed by atoms with van der Waals surface area (Å²) in [5, 5.41) is 23.2. The minimum absolute atomic E-state index is 0.0190. The third kappa shape index (κ3) is 12.6. The topological polar surface area (TPSA) is 297 Å². The van der Waals surface area contributed by atoms with Gasteiger partial charge in [0.1, 0.15) is 31.0 Å². The van der Waals surface area contributed by atoms with Gasteiger partial charge in [-0.3, -0.25) is 33.6 Å². The minimum Gasteiger partial charge on any atom is -0.479 e. The smallest absolute Gasteiger partial charge is 0.335 e. The van der Waals surface area contributed by atoms with E-state index in [9.17, 15) is 48.6 Å². The molecular weight excluding hydrogens is 1100 g/mol. The second-order valence-corrected chi connectivity index (χ2v) is 27.6. The van der Waals surface area contributed by atoms with Crippen LogP contribution in [0.1, 0.15) is 174 Å². The molecule has 0 aromatic carbocycles. The molecule has 0 spiro atoms. The highest BCUT2D eigenvalue weighted by molar-refractivity contribution is 5.73. The summed E-state index contributed by atoms with van der Waals surface area (Å²) >= 11 is 0. The maximum absolute atomic E-state index is 13.4. The molecule has 8 aliphatic rings. The number of aliphatic hydroxyl groups is 1. The molecule has 24 atom stereocenters. The molecule has 84 heavy (non-hydrogen) atoms. The number of carboxylic acid groups (broad SMARTS) is 1. The molecule has 0 radical (unpaired) electrons. The van der Waals surface area contributed by atoms with E-state index in [1.54, 1.807) is 0 Å². The van der Waals surface area contributed by atoms with Crippen molar-refractivity contribution in [2.45, 2.75) is 267 Å². The monoisotopic (exact) mass is 1190 g/mol. The zero-order chi connectivity index (χ0) is 62.0. The first-order chi connectivity index (χ1) is 39.1. The highest BCUT2D eigenvalue weighted by atomic mass is 16.8. The van der Waals surface area contributed by atoms with Crippen LogP contribution >= 0.6 is 0 Å². The Hall–Kier alpha value is -4.52. The van der Waals surface area contributed by atoms with Gasteiger partial charge in [0.25, 0.3) is 0 Å². The molecule has 2 N–H and O–H groups in total. The van der Waals surface area contributed by atoms with Gasteiger partial charge in [0, 0.05) is 48.5 Å². The Bertz CT molecular complexity index is 2500. The van der Waals surface area contributed by atoms with Crippen molar-refractivity contribution in [1.82, 2.24) is 0 Å². The molecule has 0 aromatic heterocycles. The number of fused-ring (bicyclic) bond motifs is 7. The number of ether oxygens (including phenoxy) is 13. The second-order valence-electron chi connectivity index (χ2n) is 27.6. The van der Waals surface area contributed by atoms with Crippen molar-refractivity contribution in [3.05, 3.63) is 0 Å². The van der Waals surface area contributed by atoms with Gasteiger partial charge in [0.05, 0.1) is 12.7 Å². The Morgan fingerprint density at radius 1 is 0.476 bits per heavy atom. The van der Waals surface area contributed by atoms with E-state index < -0.39 is 153 Å². The summed E-state index contributed by atoms with van der Waals surface area (Å²) < 4.78 is 78.3. The molecular formula is C61H92O23. The Balaban J connectivity index is 1.18. The minimum atomic E-state index is -2.21. The standard InChI is InChI=1S/C61H92O23/c1-29-37(16-17-40-58(29,12)19-18-41-59(40,13)23-25-61(15)42-26-56(9,10)20-21-57(42,11)22-24-60(41,61)14)80-54-50(84-55-51(79-36(8)68)48(77-34(6)66)44(75-32(4)64)39(81-55)27-72-30(2)62)46(43(69)47(83-54)52(70)71)82-53-49(78-35(7)67)45(76-33(5)65)38(28-73-53)74-31(3)63/h29,37-51,53-55,69H,16-28H2,1-15H3,(H,70,71)/t29-,37-,38+,39+,40+,41-,42+,43-,44-,45-,46-,47-,48-,49+,50+,51+,53-,54+,55-,57+,58+,59-,60+,61-/m0/s1. The van der Waals surface area contributed by atoms with E-state index in [2.05, 4.69) is 55.4 Å². The molecule has 5 aliphatic carbocycles. The first kappa shape index (κ1) is 65.5. The van der Waals surface area contributed by atoms with E-state index >= 15 is 0 Å². The van der Waals surface area contributed by atoms with Crippen LogP contribution < -0.4 is 0 Å². The zero-order valence-electron chi connectivity index (χ0n) is 51.6. The Labute approximate surface area is 492 Å². The number of carbonyl (C=O) groups excluding carboxylic acids is 7. The van der Waals surface area contributed by atoms with Gasteiger partial charge in [0.2, 0.25) is 0 Å². The SMILES string of the molecule is CC(=O)OC[C@H]1O[C@@H](O[C@H]2[C@H](O[C@H]3CC[C@@H]4[C@](C)(CC[C@H]5[C@@]4(C)CC[C@@]4(C)[C@@H]6CC(C)(C)CC[C@]6(C)CC[C@]54C)[C@H]3C)O[C@H](C(=O)O)[C@@H](O)[C@@H]2O[C@@H]2OC[C@@H](OC(C)=O)[C@H](OC(C)=O)[C@H]2OC(C)=O)[C@H](OC(C)=O)[C@@H](OC(C)=O)[C@H]1OC(C)=O. The van der Waals surface area contributed by atoms with E-state index in [-0.39, 0.29) is 38.9 Å². The lowest BCUT2D eigenvalue weighted by Gasteiger charge is -2.75. The normalized spacial score (nSPS) is 45.0. The van der Waals surface area contributed by atoms with Gasteiger partial charge in [-0.05, 0) is 127 Å². The van der Waals surface area contributed by atoms with E-state index in [1.165, 1.54) is 32.1 Å². The third-order valence-corrected chi connectivity index (χ3v) is 21.8. The first-order valence-corrected chi connectivity index (χ1v) is 30.0. The summed E-state index contributed by atoms with van der Waals surface area (Å²) in [6.07, 6.45) is -14.3. The third-order valence-electron chi connectivity index (χ3n) is 21.8. The van der Waals surface area contributed by atoms with Crippen molar-refractivity contribution in [1.29, 1.82) is 0 Å². The average molecular weight is 1190 g/mol. The predicted molar refractivity (Wildman–Crippen MR) is 290 cm³/mol. The molecule has 0 amide bonds. The van der Waals surface area contributed by atoms with E-state index in [4.69, 9.17) is 61.6 Å². The lowest BCUT2D eigenvalue weighted by molar-refractivity contribution is -0.391. The van der Waals surface area contributed by atoms with Crippen LogP contribution in [0.5, 0.6) is 0 Å². The highest BCUT2D eigenvalue weighted by Gasteiger charge is 2.71. The molecule has 474 valence electrons. The van der Waals surface area contributed by atoms with Crippen molar-refractivity contribution in [2.75, 3.05) is 13.2 Å². The second kappa shape index (κ2) is 24.6. The number of carbonyl (C=O) groups is 8. The van der Waals surface area contributed by atoms with Crippen LogP contribution in [0.25, 0.3) is 0 Å². The zero-order valence-corrected chi connectivity index (χ0v) is 51.6. The van der Waals surface area contributed by atoms with Crippen molar-refractivity contribution >= 4 is 47.8 Å². The summed E-state index contributed by atoms with van der Waals surface area (Å²) in [6, 6.07) is 0. The summed E-state index contributed by atoms with van der Waals surface area (Å²) in [4.78, 5) is 102. The first-order valence-electron chi connectivity index (χ1n) is 30.0. The van der Waals surface area contributed by atoms with E-state index in [1.807, 2.05) is 0 Å². The van der Waals surface area contributed by atoms with Gasteiger partial charge in [-0.2, -0.15) is 0 Å². The Morgan fingerprint density at radius 3 is 1.60 bits per heavy atom. The van der Waals surface area contributed by atoms with Crippen LogP contribution in [0.3, 0.4) is 0 Å². The van der Waals surface area contributed by atoms with Crippen LogP contribution in [0, 0.1) is 56.2 Å². The van der Waals surface area contributed by atoms with Crippen LogP contribution in [-0.2, 0) is 99.9 Å². The molecule has 5 saturated carbocycles. The molecule has 3 aliphatic heterocycles. The summed E-state index contributed by atoms with van der Waals surface area (Å²) in [5.74, 6) is -6.68. The van der Waals surface area contributed by atoms with Crippen molar-refractivity contribution in [3.8, 4) is 0 Å². The number of hydrogen-bond acceptors (Lipinski definition) is 22. The number of rotatable bonds is 15. The van der Waals surface area contributed by atoms with Gasteiger partial charge in [-0.15, -0.1) is 0 Å². The van der Waals surface area contributed by atoms with Gasteiger partial charge in [-0.25, -0.2) is 4.79 Å². The van der Waals surface area contributed by atoms with Gasteiger partial charge >= 0.3 is 47.8 Å². The molecule has 0 bridgehead atoms. The van der Waals surface area contributed by atoms with Gasteiger partial charge in [-0.1, -0.05) is 55.4 Å². The number of carboxylic acids is 1. The number of aliphatic hydroxyl groups excluding tert-OH is 1. The Kier molecular flexibility index (Phi) is 19.1. The van der Waals surface area contributed by atoms with Crippen LogP contribution in [0.4, 0.5) is 0 Å². The lowest BCUT2D eigenvalue weighted by Crippen LogP contribution is -2.69. The fourth-order valence-electron chi connectivity index (χ4n) is 17.6. The largest absolute Gasteiger partial charge is 0.479 e. The lowest BCUT2D eigenvalue weighted by atomic mass is 9.30. The summed E-state index contributed by atoms with van der Waals surface area (Å²) in [7, 11) is 0. The highest BCUT2D eigenvalue weighted by Crippen LogP contribution is 2.78. The fraction of sp³-hybridized carbons (Fsp3) is 0.869. The van der Waals surface area contributed by atoms with Crippen molar-refractivity contribution in [2.24, 2.45) is 56.2 Å². The Morgan fingerprint density at radius 2 is 1.00 bits per heavy atom. The number of hydrogen-bond donors (Lipinski definition) is 2. The number of esters is 7. The van der Waals surface area contributed by atoms with E-state index in [0.717, 1.165) is 80.6 Å². The van der Waals surface area contributed by atoms with Crippen LogP contribution in [0.2, 0.25) is 0 Å². The van der Waals surface area contributed by atoms with E-state index in [0.29, 0.717) is 23.7 Å². The summed E-state index contributed by atoms with van der Waals surface area (Å²) in [6.45, 7) is 25.9. The fourth-order valence-corrected chi connectivity index (χ4v) is 17.6. The van der Waals surface area contributed by atoms with Gasteiger partial charge in [0.15, 0.2) is 61.6 Å². The van der Waals surface area contributed by atoms with Crippen molar-refractivity contribution < 1.29 is 110 Å². The molecule has 23 heteroatoms. The van der Waals surface area contributed by atoms with Crippen LogP contribution in [-0.4, -0.2) is 163 Å². The molecule has 3 heterocycles. The molecule has 8 fully saturated rings. The molecule has 0 aromatic rings. The molecule has 23 nitrogen and oxygen atoms in total. The summed E-state index contributed by atoms with van der Waals surface area (Å²) in [5.41, 5.74) is 0.555. The molecule has 3 saturated heterocycles. The molecule has 8 rings (SSSR count). The maximum Gasteiger partial charge on any atom is 0.335 e. The quantitative estimate of drug-likeness (QED) is 0.101. The number of aliphatic carboxylic acids is 1. The van der Waals surface area contributed by atoms with Gasteiger partial charge < -0.3 is 71.8 Å². The molecule has 0 unspecified atom stereocenters. The predicted octanol–water partition coefficient (Wildman–Crippen LogP) is 6.45. The van der Waals surface area contributed by atoms with Crippen LogP contribution in [0.15, 0.2) is 0 Å². The van der Waals surface area contributed by atoms with Crippen molar-refractivity contribution in [3.63, 3.8) is 0 Å².